The molecule has 0 radical (unpaired) electrons. The van der Waals surface area contributed by atoms with E-state index >= 15 is 0 Å². The molecule has 0 aromatic carbocycles. The highest BCUT2D eigenvalue weighted by Gasteiger charge is 2.27. The Bertz CT molecular complexity index is 545. The van der Waals surface area contributed by atoms with Gasteiger partial charge in [-0.2, -0.15) is 4.99 Å². The van der Waals surface area contributed by atoms with Gasteiger partial charge in [0, 0.05) is 24.8 Å². The van der Waals surface area contributed by atoms with Crippen LogP contribution in [0.5, 0.6) is 0 Å². The fourth-order valence-electron chi connectivity index (χ4n) is 2.49. The van der Waals surface area contributed by atoms with Gasteiger partial charge in [-0.05, 0) is 38.0 Å². The van der Waals surface area contributed by atoms with Crippen LogP contribution in [-0.4, -0.2) is 40.0 Å². The summed E-state index contributed by atoms with van der Waals surface area (Å²) < 4.78 is 0. The molecule has 1 aromatic rings. The molecular formula is C13H16N4O2S. The fourth-order valence-corrected chi connectivity index (χ4v) is 2.59. The van der Waals surface area contributed by atoms with E-state index in [4.69, 9.17) is 5.11 Å². The molecule has 2 rings (SSSR count). The normalized spacial score (nSPS) is 21.9. The average molecular weight is 292 g/mol. The Hall–Kier alpha value is -1.98. The Balaban J connectivity index is 2.25. The Labute approximate surface area is 122 Å². The molecule has 6 nitrogen and oxygen atoms in total. The molecule has 1 fully saturated rings. The lowest BCUT2D eigenvalue weighted by molar-refractivity contribution is 0.187. The van der Waals surface area contributed by atoms with Gasteiger partial charge in [-0.15, -0.1) is 0 Å². The first-order valence-corrected chi connectivity index (χ1v) is 6.80. The van der Waals surface area contributed by atoms with Gasteiger partial charge >= 0.3 is 6.09 Å². The number of isothiocyanates is 1. The number of thiocarbonyl (C=S) groups is 1. The summed E-state index contributed by atoms with van der Waals surface area (Å²) in [5, 5.41) is 13.7. The van der Waals surface area contributed by atoms with E-state index < -0.39 is 6.09 Å². The predicted molar refractivity (Wildman–Crippen MR) is 79.9 cm³/mol. The van der Waals surface area contributed by atoms with Crippen molar-refractivity contribution in [3.05, 3.63) is 18.5 Å². The average Bonchev–Trinajstić information content (AvgIpc) is 2.42. The first kappa shape index (κ1) is 14.4. The van der Waals surface area contributed by atoms with Crippen molar-refractivity contribution in [2.24, 2.45) is 4.99 Å². The van der Waals surface area contributed by atoms with Crippen molar-refractivity contribution in [2.75, 3.05) is 11.4 Å². The number of nitrogens with one attached hydrogen (secondary N) is 1. The van der Waals surface area contributed by atoms with E-state index in [0.717, 1.165) is 18.5 Å². The molecule has 2 heterocycles. The molecule has 20 heavy (non-hydrogen) atoms. The molecule has 7 heteroatoms. The lowest BCUT2D eigenvalue weighted by atomic mass is 9.98. The maximum atomic E-state index is 10.8. The quantitative estimate of drug-likeness (QED) is 0.661. The molecule has 2 unspecified atom stereocenters. The number of amides is 1. The third-order valence-corrected chi connectivity index (χ3v) is 3.55. The second kappa shape index (κ2) is 6.45. The molecule has 1 aliphatic rings. The van der Waals surface area contributed by atoms with Crippen molar-refractivity contribution in [1.29, 1.82) is 0 Å². The number of aromatic nitrogens is 1. The maximum Gasteiger partial charge on any atom is 0.404 e. The summed E-state index contributed by atoms with van der Waals surface area (Å²) in [5.41, 5.74) is 1.56. The number of hydrogen-bond donors (Lipinski definition) is 2. The van der Waals surface area contributed by atoms with Crippen LogP contribution in [0.15, 0.2) is 23.5 Å². The van der Waals surface area contributed by atoms with Crippen molar-refractivity contribution in [3.63, 3.8) is 0 Å². The van der Waals surface area contributed by atoms with Gasteiger partial charge in [-0.25, -0.2) is 4.79 Å². The fraction of sp³-hybridized carbons (Fsp3) is 0.462. The minimum Gasteiger partial charge on any atom is -0.465 e. The highest BCUT2D eigenvalue weighted by atomic mass is 32.1. The zero-order chi connectivity index (χ0) is 14.5. The Kier molecular flexibility index (Phi) is 4.65. The predicted octanol–water partition coefficient (Wildman–Crippen LogP) is 2.44. The number of rotatable bonds is 3. The van der Waals surface area contributed by atoms with Crippen LogP contribution in [0.3, 0.4) is 0 Å². The van der Waals surface area contributed by atoms with Crippen LogP contribution in [0.2, 0.25) is 0 Å². The van der Waals surface area contributed by atoms with Gasteiger partial charge in [0.15, 0.2) is 0 Å². The number of hydrogen-bond acceptors (Lipinski definition) is 5. The minimum atomic E-state index is -0.989. The van der Waals surface area contributed by atoms with Gasteiger partial charge in [0.05, 0.1) is 17.0 Å². The number of pyridine rings is 1. The van der Waals surface area contributed by atoms with Crippen molar-refractivity contribution < 1.29 is 9.90 Å². The van der Waals surface area contributed by atoms with E-state index in [2.05, 4.69) is 44.5 Å². The minimum absolute atomic E-state index is 0.0822. The molecule has 1 amide bonds. The van der Waals surface area contributed by atoms with Crippen molar-refractivity contribution in [3.8, 4) is 0 Å². The van der Waals surface area contributed by atoms with E-state index in [1.807, 2.05) is 6.07 Å². The van der Waals surface area contributed by atoms with Crippen molar-refractivity contribution in [1.82, 2.24) is 10.3 Å². The van der Waals surface area contributed by atoms with Crippen LogP contribution in [0.1, 0.15) is 19.8 Å². The van der Waals surface area contributed by atoms with Gasteiger partial charge < -0.3 is 15.3 Å². The zero-order valence-corrected chi connectivity index (χ0v) is 11.9. The van der Waals surface area contributed by atoms with E-state index in [0.29, 0.717) is 18.3 Å². The Morgan fingerprint density at radius 2 is 2.45 bits per heavy atom. The van der Waals surface area contributed by atoms with Crippen molar-refractivity contribution >= 4 is 34.8 Å². The van der Waals surface area contributed by atoms with Crippen LogP contribution in [0.4, 0.5) is 16.2 Å². The second-order valence-electron chi connectivity index (χ2n) is 4.79. The topological polar surface area (TPSA) is 77.8 Å². The summed E-state index contributed by atoms with van der Waals surface area (Å²) in [7, 11) is 0. The SMILES string of the molecule is CC1CCC(NC(=O)O)CN1c1ccncc1N=C=S. The van der Waals surface area contributed by atoms with Gasteiger partial charge in [-0.1, -0.05) is 0 Å². The Morgan fingerprint density at radius 1 is 1.65 bits per heavy atom. The molecule has 2 N–H and O–H groups in total. The first-order valence-electron chi connectivity index (χ1n) is 6.39. The summed E-state index contributed by atoms with van der Waals surface area (Å²) in [5.74, 6) is 0. The number of anilines is 1. The smallest absolute Gasteiger partial charge is 0.404 e. The summed E-state index contributed by atoms with van der Waals surface area (Å²) in [6.07, 6.45) is 4.08. The monoisotopic (exact) mass is 292 g/mol. The third kappa shape index (κ3) is 3.31. The van der Waals surface area contributed by atoms with Gasteiger partial charge in [0.1, 0.15) is 5.69 Å². The lowest BCUT2D eigenvalue weighted by Gasteiger charge is -2.39. The van der Waals surface area contributed by atoms with Crippen LogP contribution in [-0.2, 0) is 0 Å². The molecule has 0 spiro atoms. The summed E-state index contributed by atoms with van der Waals surface area (Å²) in [6, 6.07) is 2.09. The second-order valence-corrected chi connectivity index (χ2v) is 4.98. The van der Waals surface area contributed by atoms with Crippen LogP contribution >= 0.6 is 12.2 Å². The zero-order valence-electron chi connectivity index (χ0n) is 11.1. The molecule has 0 saturated carbocycles. The summed E-state index contributed by atoms with van der Waals surface area (Å²) in [4.78, 5) is 21.0. The van der Waals surface area contributed by atoms with Crippen molar-refractivity contribution in [2.45, 2.75) is 31.8 Å². The van der Waals surface area contributed by atoms with E-state index in [9.17, 15) is 4.79 Å². The maximum absolute atomic E-state index is 10.8. The summed E-state index contributed by atoms with van der Waals surface area (Å²) >= 11 is 4.65. The largest absolute Gasteiger partial charge is 0.465 e. The molecular weight excluding hydrogens is 276 g/mol. The first-order chi connectivity index (χ1) is 9.61. The third-order valence-electron chi connectivity index (χ3n) is 3.46. The van der Waals surface area contributed by atoms with Crippen LogP contribution < -0.4 is 10.2 Å². The lowest BCUT2D eigenvalue weighted by Crippen LogP contribution is -2.51. The van der Waals surface area contributed by atoms with Crippen LogP contribution in [0.25, 0.3) is 0 Å². The van der Waals surface area contributed by atoms with Gasteiger partial charge in [-0.3, -0.25) is 4.98 Å². The van der Waals surface area contributed by atoms with E-state index in [1.54, 1.807) is 12.4 Å². The number of piperidine rings is 1. The summed E-state index contributed by atoms with van der Waals surface area (Å²) in [6.45, 7) is 2.72. The Morgan fingerprint density at radius 3 is 3.15 bits per heavy atom. The molecule has 1 aliphatic heterocycles. The molecule has 2 atom stereocenters. The number of aliphatic imine (C=N–C) groups is 1. The van der Waals surface area contributed by atoms with Gasteiger partial charge in [0.2, 0.25) is 0 Å². The highest BCUT2D eigenvalue weighted by Crippen LogP contribution is 2.32. The van der Waals surface area contributed by atoms with Crippen LogP contribution in [0, 0.1) is 0 Å². The standard InChI is InChI=1S/C13H16N4O2S/c1-9-2-3-10(16-13(18)19)7-17(9)12-4-5-14-6-11(12)15-8-20/h4-6,9-10,16H,2-3,7H2,1H3,(H,18,19). The molecule has 106 valence electrons. The van der Waals surface area contributed by atoms with Gasteiger partial charge in [0.25, 0.3) is 0 Å². The molecule has 1 aromatic heterocycles. The molecule has 0 bridgehead atoms. The molecule has 0 aliphatic carbocycles. The number of carboxylic acid groups (broad SMARTS) is 1. The molecule has 1 saturated heterocycles. The number of nitrogens with zero attached hydrogens (tertiary/aromatic N) is 3. The van der Waals surface area contributed by atoms with E-state index in [-0.39, 0.29) is 6.04 Å². The highest BCUT2D eigenvalue weighted by molar-refractivity contribution is 7.78. The van der Waals surface area contributed by atoms with E-state index in [1.165, 1.54) is 0 Å². The number of carbonyl (C=O) groups is 1.